The molecule has 0 spiro atoms. The van der Waals surface area contributed by atoms with Crippen LogP contribution < -0.4 is 10.1 Å². The summed E-state index contributed by atoms with van der Waals surface area (Å²) in [6.45, 7) is 3.13. The van der Waals surface area contributed by atoms with Gasteiger partial charge in [-0.25, -0.2) is 0 Å². The first-order chi connectivity index (χ1) is 9.67. The smallest absolute Gasteiger partial charge is 0.176 e. The van der Waals surface area contributed by atoms with Gasteiger partial charge in [-0.3, -0.25) is 9.29 Å². The number of phenolic OH excluding ortho intramolecular Hbond substituents is 1. The fraction of sp³-hybridized carbons (Fsp3) is 0.571. The topological polar surface area (TPSA) is 44.7 Å². The van der Waals surface area contributed by atoms with Crippen molar-refractivity contribution < 1.29 is 14.2 Å². The zero-order valence-electron chi connectivity index (χ0n) is 11.5. The average molecular weight is 303 g/mol. The molecule has 0 amide bonds. The summed E-state index contributed by atoms with van der Waals surface area (Å²) in [5.41, 5.74) is 0.879. The molecule has 1 aliphatic heterocycles. The lowest BCUT2D eigenvalue weighted by Gasteiger charge is -2.35. The van der Waals surface area contributed by atoms with Crippen LogP contribution in [0.15, 0.2) is 12.1 Å². The number of nitrogens with one attached hydrogen (secondary N) is 1. The van der Waals surface area contributed by atoms with Gasteiger partial charge in [-0.1, -0.05) is 11.6 Å². The number of hydrogen-bond acceptors (Lipinski definition) is 4. The van der Waals surface area contributed by atoms with Crippen LogP contribution in [0.2, 0.25) is 5.02 Å². The maximum Gasteiger partial charge on any atom is 0.176 e. The van der Waals surface area contributed by atoms with Gasteiger partial charge in [0.25, 0.3) is 0 Å². The van der Waals surface area contributed by atoms with E-state index in [4.69, 9.17) is 16.3 Å². The molecule has 1 aromatic rings. The summed E-state index contributed by atoms with van der Waals surface area (Å²) in [7, 11) is 1.48. The second-order valence-electron chi connectivity index (χ2n) is 4.83. The molecule has 0 aromatic heterocycles. The number of alkyl halides is 1. The quantitative estimate of drug-likeness (QED) is 0.876. The number of methoxy groups -OCH3 is 1. The summed E-state index contributed by atoms with van der Waals surface area (Å²) < 4.78 is 18.0. The van der Waals surface area contributed by atoms with Gasteiger partial charge in [-0.2, -0.15) is 0 Å². The van der Waals surface area contributed by atoms with Crippen molar-refractivity contribution in [2.45, 2.75) is 12.5 Å². The van der Waals surface area contributed by atoms with E-state index in [1.165, 1.54) is 7.11 Å². The molecule has 0 saturated carbocycles. The summed E-state index contributed by atoms with van der Waals surface area (Å²) in [5, 5.41) is 13.3. The molecule has 4 nitrogen and oxygen atoms in total. The third kappa shape index (κ3) is 3.34. The van der Waals surface area contributed by atoms with Gasteiger partial charge in [0.15, 0.2) is 11.5 Å². The molecule has 112 valence electrons. The first-order valence-electron chi connectivity index (χ1n) is 6.74. The van der Waals surface area contributed by atoms with Crippen LogP contribution in [0.5, 0.6) is 11.5 Å². The van der Waals surface area contributed by atoms with E-state index in [1.807, 2.05) is 0 Å². The Kier molecular flexibility index (Phi) is 5.46. The first-order valence-corrected chi connectivity index (χ1v) is 7.12. The number of ether oxygens (including phenoxy) is 1. The molecule has 0 bridgehead atoms. The molecule has 1 saturated heterocycles. The maximum absolute atomic E-state index is 12.9. The minimum Gasteiger partial charge on any atom is -0.503 e. The number of aromatic hydroxyl groups is 1. The van der Waals surface area contributed by atoms with Crippen LogP contribution in [0, 0.1) is 0 Å². The third-order valence-corrected chi connectivity index (χ3v) is 3.92. The molecule has 1 aromatic carbocycles. The van der Waals surface area contributed by atoms with Crippen molar-refractivity contribution in [3.63, 3.8) is 0 Å². The minimum absolute atomic E-state index is 0.0471. The predicted molar refractivity (Wildman–Crippen MR) is 77.4 cm³/mol. The highest BCUT2D eigenvalue weighted by Gasteiger charge is 2.24. The van der Waals surface area contributed by atoms with Crippen LogP contribution in [-0.4, -0.2) is 50.0 Å². The normalized spacial score (nSPS) is 17.9. The molecular formula is C14H20ClFN2O2. The average Bonchev–Trinajstić information content (AvgIpc) is 2.48. The lowest BCUT2D eigenvalue weighted by molar-refractivity contribution is 0.157. The molecule has 2 N–H and O–H groups in total. The highest BCUT2D eigenvalue weighted by molar-refractivity contribution is 6.32. The number of piperazine rings is 1. The fourth-order valence-corrected chi connectivity index (χ4v) is 2.82. The van der Waals surface area contributed by atoms with Crippen molar-refractivity contribution >= 4 is 11.6 Å². The van der Waals surface area contributed by atoms with Gasteiger partial charge in [-0.05, 0) is 24.1 Å². The molecule has 1 fully saturated rings. The van der Waals surface area contributed by atoms with E-state index in [1.54, 1.807) is 12.1 Å². The Labute approximate surface area is 123 Å². The van der Waals surface area contributed by atoms with Gasteiger partial charge in [0.2, 0.25) is 0 Å². The van der Waals surface area contributed by atoms with Crippen molar-refractivity contribution in [3.8, 4) is 11.5 Å². The number of benzene rings is 1. The van der Waals surface area contributed by atoms with Crippen LogP contribution in [0.4, 0.5) is 4.39 Å². The Hall–Kier alpha value is -1.04. The molecular weight excluding hydrogens is 283 g/mol. The van der Waals surface area contributed by atoms with E-state index in [2.05, 4.69) is 10.2 Å². The Morgan fingerprint density at radius 2 is 2.15 bits per heavy atom. The number of nitrogens with zero attached hydrogens (tertiary/aromatic N) is 1. The largest absolute Gasteiger partial charge is 0.503 e. The maximum atomic E-state index is 12.9. The molecule has 2 rings (SSSR count). The lowest BCUT2D eigenvalue weighted by Crippen LogP contribution is -2.45. The summed E-state index contributed by atoms with van der Waals surface area (Å²) in [5.74, 6) is 0.253. The van der Waals surface area contributed by atoms with E-state index < -0.39 is 6.67 Å². The number of halogens is 2. The van der Waals surface area contributed by atoms with E-state index in [9.17, 15) is 9.50 Å². The van der Waals surface area contributed by atoms with E-state index in [0.29, 0.717) is 12.2 Å². The monoisotopic (exact) mass is 302 g/mol. The van der Waals surface area contributed by atoms with Crippen LogP contribution in [0.25, 0.3) is 0 Å². The number of phenols is 1. The molecule has 0 unspecified atom stereocenters. The third-order valence-electron chi connectivity index (χ3n) is 3.63. The highest BCUT2D eigenvalue weighted by atomic mass is 35.5. The van der Waals surface area contributed by atoms with Crippen molar-refractivity contribution in [3.05, 3.63) is 22.7 Å². The second kappa shape index (κ2) is 7.11. The van der Waals surface area contributed by atoms with Gasteiger partial charge < -0.3 is 15.2 Å². The molecule has 1 aliphatic rings. The Morgan fingerprint density at radius 1 is 1.45 bits per heavy atom. The molecule has 1 heterocycles. The van der Waals surface area contributed by atoms with Crippen LogP contribution in [-0.2, 0) is 0 Å². The SMILES string of the molecule is COc1cc([C@@H](CCF)N2CCNCC2)cc(Cl)c1O. The van der Waals surface area contributed by atoms with Gasteiger partial charge in [-0.15, -0.1) is 0 Å². The van der Waals surface area contributed by atoms with Crippen molar-refractivity contribution in [2.75, 3.05) is 40.0 Å². The van der Waals surface area contributed by atoms with Crippen LogP contribution in [0.1, 0.15) is 18.0 Å². The molecule has 0 radical (unpaired) electrons. The fourth-order valence-electron chi connectivity index (χ4n) is 2.60. The van der Waals surface area contributed by atoms with Crippen LogP contribution >= 0.6 is 11.6 Å². The van der Waals surface area contributed by atoms with Gasteiger partial charge in [0, 0.05) is 32.2 Å². The van der Waals surface area contributed by atoms with E-state index in [-0.39, 0.29) is 16.8 Å². The summed E-state index contributed by atoms with van der Waals surface area (Å²) in [4.78, 5) is 2.23. The first kappa shape index (κ1) is 15.4. The van der Waals surface area contributed by atoms with E-state index in [0.717, 1.165) is 31.7 Å². The van der Waals surface area contributed by atoms with Crippen molar-refractivity contribution in [2.24, 2.45) is 0 Å². The second-order valence-corrected chi connectivity index (χ2v) is 5.24. The van der Waals surface area contributed by atoms with Crippen molar-refractivity contribution in [1.29, 1.82) is 0 Å². The standard InChI is InChI=1S/C14H20ClFN2O2/c1-20-13-9-10(8-11(15)14(13)19)12(2-3-16)18-6-4-17-5-7-18/h8-9,12,17,19H,2-7H2,1H3/t12-/m1/s1. The van der Waals surface area contributed by atoms with Crippen LogP contribution in [0.3, 0.4) is 0 Å². The molecule has 1 atom stereocenters. The number of hydrogen-bond donors (Lipinski definition) is 2. The lowest BCUT2D eigenvalue weighted by atomic mass is 10.0. The highest BCUT2D eigenvalue weighted by Crippen LogP contribution is 2.38. The zero-order valence-corrected chi connectivity index (χ0v) is 12.3. The molecule has 20 heavy (non-hydrogen) atoms. The molecule has 6 heteroatoms. The Bertz CT molecular complexity index is 453. The predicted octanol–water partition coefficient (Wildman–Crippen LogP) is 2.36. The van der Waals surface area contributed by atoms with Gasteiger partial charge in [0.05, 0.1) is 18.8 Å². The summed E-state index contributed by atoms with van der Waals surface area (Å²) in [6, 6.07) is 3.39. The van der Waals surface area contributed by atoms with Crippen molar-refractivity contribution in [1.82, 2.24) is 10.2 Å². The summed E-state index contributed by atoms with van der Waals surface area (Å²) in [6.07, 6.45) is 0.407. The summed E-state index contributed by atoms with van der Waals surface area (Å²) >= 11 is 6.03. The molecule has 0 aliphatic carbocycles. The van der Waals surface area contributed by atoms with Gasteiger partial charge >= 0.3 is 0 Å². The van der Waals surface area contributed by atoms with Gasteiger partial charge in [0.1, 0.15) is 0 Å². The minimum atomic E-state index is -0.393. The Balaban J connectivity index is 2.30. The van der Waals surface area contributed by atoms with E-state index >= 15 is 0 Å². The number of rotatable bonds is 5. The zero-order chi connectivity index (χ0) is 14.5. The Morgan fingerprint density at radius 3 is 2.75 bits per heavy atom.